The minimum Gasteiger partial charge on any atom is -0.497 e. The van der Waals surface area contributed by atoms with Crippen LogP contribution < -0.4 is 9.47 Å². The van der Waals surface area contributed by atoms with Gasteiger partial charge in [-0.2, -0.15) is 0 Å². The minimum absolute atomic E-state index is 0.135. The van der Waals surface area contributed by atoms with Crippen molar-refractivity contribution in [1.82, 2.24) is 4.90 Å². The number of methoxy groups -OCH3 is 1. The van der Waals surface area contributed by atoms with Gasteiger partial charge in [-0.1, -0.05) is 18.2 Å². The SMILES string of the molecule is COc1cccc(C=CC(=O)c2ccc(OC(=O)N3CCOCC3)cc2)c1. The summed E-state index contributed by atoms with van der Waals surface area (Å²) in [5.74, 6) is 1.000. The van der Waals surface area contributed by atoms with E-state index in [-0.39, 0.29) is 5.78 Å². The molecule has 3 rings (SSSR count). The van der Waals surface area contributed by atoms with Gasteiger partial charge >= 0.3 is 6.09 Å². The van der Waals surface area contributed by atoms with Gasteiger partial charge in [0.2, 0.25) is 0 Å². The Morgan fingerprint density at radius 1 is 1.04 bits per heavy atom. The van der Waals surface area contributed by atoms with E-state index in [1.807, 2.05) is 24.3 Å². The van der Waals surface area contributed by atoms with E-state index in [4.69, 9.17) is 14.2 Å². The van der Waals surface area contributed by atoms with Gasteiger partial charge in [0.25, 0.3) is 0 Å². The molecule has 6 nitrogen and oxygen atoms in total. The first-order valence-electron chi connectivity index (χ1n) is 8.67. The van der Waals surface area contributed by atoms with Crippen molar-refractivity contribution in [2.75, 3.05) is 33.4 Å². The van der Waals surface area contributed by atoms with Gasteiger partial charge in [0.15, 0.2) is 5.78 Å². The molecule has 6 heteroatoms. The molecular formula is C21H21NO5. The summed E-state index contributed by atoms with van der Waals surface area (Å²) in [6.07, 6.45) is 2.83. The smallest absolute Gasteiger partial charge is 0.415 e. The minimum atomic E-state index is -0.407. The first-order chi connectivity index (χ1) is 13.2. The highest BCUT2D eigenvalue weighted by molar-refractivity contribution is 6.06. The fraction of sp³-hybridized carbons (Fsp3) is 0.238. The number of carbonyl (C=O) groups is 2. The van der Waals surface area contributed by atoms with Crippen molar-refractivity contribution >= 4 is 18.0 Å². The summed E-state index contributed by atoms with van der Waals surface area (Å²) in [7, 11) is 1.60. The normalized spacial score (nSPS) is 14.2. The van der Waals surface area contributed by atoms with E-state index in [1.165, 1.54) is 6.08 Å². The maximum absolute atomic E-state index is 12.3. The molecule has 0 aromatic heterocycles. The first-order valence-corrected chi connectivity index (χ1v) is 8.67. The van der Waals surface area contributed by atoms with Crippen LogP contribution in [0.1, 0.15) is 15.9 Å². The summed E-state index contributed by atoms with van der Waals surface area (Å²) in [5, 5.41) is 0. The Balaban J connectivity index is 1.59. The van der Waals surface area contributed by atoms with Crippen molar-refractivity contribution in [2.45, 2.75) is 0 Å². The highest BCUT2D eigenvalue weighted by atomic mass is 16.6. The molecule has 0 radical (unpaired) electrons. The maximum Gasteiger partial charge on any atom is 0.415 e. The number of amides is 1. The van der Waals surface area contributed by atoms with Crippen molar-refractivity contribution in [1.29, 1.82) is 0 Å². The van der Waals surface area contributed by atoms with Crippen molar-refractivity contribution in [3.05, 3.63) is 65.7 Å². The van der Waals surface area contributed by atoms with E-state index in [1.54, 1.807) is 42.4 Å². The Morgan fingerprint density at radius 3 is 2.48 bits per heavy atom. The molecule has 0 unspecified atom stereocenters. The molecule has 1 heterocycles. The van der Waals surface area contributed by atoms with E-state index in [0.717, 1.165) is 11.3 Å². The molecule has 2 aromatic rings. The van der Waals surface area contributed by atoms with E-state index >= 15 is 0 Å². The number of carbonyl (C=O) groups excluding carboxylic acids is 2. The second kappa shape index (κ2) is 9.00. The number of ether oxygens (including phenoxy) is 3. The second-order valence-electron chi connectivity index (χ2n) is 5.97. The third-order valence-corrected chi connectivity index (χ3v) is 4.13. The van der Waals surface area contributed by atoms with Crippen LogP contribution in [0, 0.1) is 0 Å². The zero-order valence-electron chi connectivity index (χ0n) is 15.1. The molecule has 27 heavy (non-hydrogen) atoms. The van der Waals surface area contributed by atoms with Crippen LogP contribution in [0.15, 0.2) is 54.6 Å². The molecule has 0 atom stereocenters. The fourth-order valence-electron chi connectivity index (χ4n) is 2.61. The van der Waals surface area contributed by atoms with Crippen LogP contribution in [0.3, 0.4) is 0 Å². The number of nitrogens with zero attached hydrogens (tertiary/aromatic N) is 1. The third kappa shape index (κ3) is 5.18. The molecule has 1 aliphatic heterocycles. The molecular weight excluding hydrogens is 346 g/mol. The van der Waals surface area contributed by atoms with Crippen LogP contribution in [-0.4, -0.2) is 50.2 Å². The Kier molecular flexibility index (Phi) is 6.22. The summed E-state index contributed by atoms with van der Waals surface area (Å²) in [6.45, 7) is 2.07. The van der Waals surface area contributed by atoms with Crippen LogP contribution in [0.5, 0.6) is 11.5 Å². The van der Waals surface area contributed by atoms with Crippen LogP contribution in [0.4, 0.5) is 4.79 Å². The van der Waals surface area contributed by atoms with Crippen LogP contribution in [0.25, 0.3) is 6.08 Å². The van der Waals surface area contributed by atoms with Gasteiger partial charge in [-0.05, 0) is 48.0 Å². The maximum atomic E-state index is 12.3. The highest BCUT2D eigenvalue weighted by Crippen LogP contribution is 2.16. The zero-order valence-corrected chi connectivity index (χ0v) is 15.1. The van der Waals surface area contributed by atoms with Crippen molar-refractivity contribution < 1.29 is 23.8 Å². The summed E-state index contributed by atoms with van der Waals surface area (Å²) in [4.78, 5) is 26.0. The summed E-state index contributed by atoms with van der Waals surface area (Å²) >= 11 is 0. The molecule has 140 valence electrons. The van der Waals surface area contributed by atoms with E-state index in [2.05, 4.69) is 0 Å². The van der Waals surface area contributed by atoms with Gasteiger partial charge in [0.1, 0.15) is 11.5 Å². The van der Waals surface area contributed by atoms with E-state index in [9.17, 15) is 9.59 Å². The van der Waals surface area contributed by atoms with Crippen LogP contribution in [0.2, 0.25) is 0 Å². The fourth-order valence-corrected chi connectivity index (χ4v) is 2.61. The lowest BCUT2D eigenvalue weighted by molar-refractivity contribution is 0.0416. The predicted molar refractivity (Wildman–Crippen MR) is 101 cm³/mol. The predicted octanol–water partition coefficient (Wildman–Crippen LogP) is 3.42. The molecule has 1 fully saturated rings. The Labute approximate surface area is 158 Å². The first kappa shape index (κ1) is 18.7. The molecule has 0 aliphatic carbocycles. The van der Waals surface area contributed by atoms with E-state index in [0.29, 0.717) is 37.6 Å². The lowest BCUT2D eigenvalue weighted by atomic mass is 10.1. The standard InChI is InChI=1S/C21H21NO5/c1-25-19-4-2-3-16(15-19)5-10-20(23)17-6-8-18(9-7-17)27-21(24)22-11-13-26-14-12-22/h2-10,15H,11-14H2,1H3. The number of hydrogen-bond acceptors (Lipinski definition) is 5. The topological polar surface area (TPSA) is 65.1 Å². The number of ketones is 1. The van der Waals surface area contributed by atoms with Gasteiger partial charge in [-0.15, -0.1) is 0 Å². The van der Waals surface area contributed by atoms with Crippen LogP contribution in [-0.2, 0) is 4.74 Å². The number of benzene rings is 2. The molecule has 2 aromatic carbocycles. The Morgan fingerprint density at radius 2 is 1.78 bits per heavy atom. The molecule has 1 amide bonds. The second-order valence-corrected chi connectivity index (χ2v) is 5.97. The zero-order chi connectivity index (χ0) is 19.1. The van der Waals surface area contributed by atoms with E-state index < -0.39 is 6.09 Å². The largest absolute Gasteiger partial charge is 0.497 e. The molecule has 1 saturated heterocycles. The number of allylic oxidation sites excluding steroid dienone is 1. The molecule has 0 N–H and O–H groups in total. The lowest BCUT2D eigenvalue weighted by Gasteiger charge is -2.25. The monoisotopic (exact) mass is 367 g/mol. The summed E-state index contributed by atoms with van der Waals surface area (Å²) < 4.78 is 15.7. The Bertz CT molecular complexity index is 823. The molecule has 1 aliphatic rings. The van der Waals surface area contributed by atoms with Gasteiger partial charge in [-0.25, -0.2) is 4.79 Å². The Hall–Kier alpha value is -3.12. The van der Waals surface area contributed by atoms with Crippen LogP contribution >= 0.6 is 0 Å². The average Bonchev–Trinajstić information content (AvgIpc) is 2.73. The lowest BCUT2D eigenvalue weighted by Crippen LogP contribution is -2.42. The summed E-state index contributed by atoms with van der Waals surface area (Å²) in [6, 6.07) is 13.9. The van der Waals surface area contributed by atoms with Gasteiger partial charge < -0.3 is 19.1 Å². The highest BCUT2D eigenvalue weighted by Gasteiger charge is 2.18. The third-order valence-electron chi connectivity index (χ3n) is 4.13. The molecule has 0 saturated carbocycles. The van der Waals surface area contributed by atoms with Crippen molar-refractivity contribution in [3.63, 3.8) is 0 Å². The number of morpholine rings is 1. The van der Waals surface area contributed by atoms with Crippen molar-refractivity contribution in [2.24, 2.45) is 0 Å². The summed E-state index contributed by atoms with van der Waals surface area (Å²) in [5.41, 5.74) is 1.39. The number of hydrogen-bond donors (Lipinski definition) is 0. The van der Waals surface area contributed by atoms with Gasteiger partial charge in [0.05, 0.1) is 20.3 Å². The molecule has 0 bridgehead atoms. The van der Waals surface area contributed by atoms with Gasteiger partial charge in [-0.3, -0.25) is 4.79 Å². The quantitative estimate of drug-likeness (QED) is 0.598. The van der Waals surface area contributed by atoms with Gasteiger partial charge in [0, 0.05) is 18.7 Å². The number of rotatable bonds is 5. The average molecular weight is 367 g/mol. The van der Waals surface area contributed by atoms with Crippen molar-refractivity contribution in [3.8, 4) is 11.5 Å². The molecule has 0 spiro atoms.